The van der Waals surface area contributed by atoms with E-state index in [9.17, 15) is 0 Å². The first kappa shape index (κ1) is 15.7. The molecule has 0 saturated carbocycles. The molecule has 0 atom stereocenters. The zero-order valence-electron chi connectivity index (χ0n) is 11.5. The van der Waals surface area contributed by atoms with Gasteiger partial charge >= 0.3 is 0 Å². The van der Waals surface area contributed by atoms with Crippen LogP contribution in [0.3, 0.4) is 0 Å². The fraction of sp³-hybridized carbons (Fsp3) is 0.867. The van der Waals surface area contributed by atoms with Gasteiger partial charge in [0.1, 0.15) is 0 Å². The highest BCUT2D eigenvalue weighted by atomic mass is 14.8. The van der Waals surface area contributed by atoms with Crippen molar-refractivity contribution in [3.05, 3.63) is 12.2 Å². The molecule has 0 aromatic heterocycles. The van der Waals surface area contributed by atoms with E-state index in [1.54, 1.807) is 0 Å². The van der Waals surface area contributed by atoms with E-state index in [2.05, 4.69) is 25.7 Å². The van der Waals surface area contributed by atoms with E-state index < -0.39 is 0 Å². The molecule has 0 saturated heterocycles. The van der Waals surface area contributed by atoms with Crippen molar-refractivity contribution in [2.75, 3.05) is 13.1 Å². The van der Waals surface area contributed by atoms with Crippen LogP contribution in [0.25, 0.3) is 0 Å². The average Bonchev–Trinajstić information content (AvgIpc) is 2.31. The Balaban J connectivity index is 2.96. The minimum absolute atomic E-state index is 1.01. The lowest BCUT2D eigenvalue weighted by Gasteiger charge is -2.05. The van der Waals surface area contributed by atoms with Crippen LogP contribution in [0.15, 0.2) is 12.2 Å². The second kappa shape index (κ2) is 12.8. The first-order valence-corrected chi connectivity index (χ1v) is 7.18. The fourth-order valence-corrected chi connectivity index (χ4v) is 1.77. The molecule has 1 nitrogen and oxygen atoms in total. The summed E-state index contributed by atoms with van der Waals surface area (Å²) in [5, 5.41) is 3.45. The summed E-state index contributed by atoms with van der Waals surface area (Å²) < 4.78 is 0. The predicted octanol–water partition coefficient (Wildman–Crippen LogP) is 4.68. The molecular formula is C15H31N. The van der Waals surface area contributed by atoms with Gasteiger partial charge in [-0.25, -0.2) is 0 Å². The van der Waals surface area contributed by atoms with Gasteiger partial charge in [-0.05, 0) is 19.4 Å². The molecule has 0 aliphatic carbocycles. The van der Waals surface area contributed by atoms with Gasteiger partial charge in [0.15, 0.2) is 0 Å². The first-order chi connectivity index (χ1) is 7.81. The van der Waals surface area contributed by atoms with Gasteiger partial charge in [-0.1, -0.05) is 70.9 Å². The Bertz CT molecular complexity index is 152. The van der Waals surface area contributed by atoms with Crippen LogP contribution in [0.1, 0.15) is 71.6 Å². The van der Waals surface area contributed by atoms with E-state index in [0.29, 0.717) is 0 Å². The molecule has 16 heavy (non-hydrogen) atoms. The Labute approximate surface area is 103 Å². The summed E-state index contributed by atoms with van der Waals surface area (Å²) in [5.74, 6) is 0. The van der Waals surface area contributed by atoms with Gasteiger partial charge in [0, 0.05) is 6.54 Å². The summed E-state index contributed by atoms with van der Waals surface area (Å²) in [5.41, 5.74) is 1.32. The minimum atomic E-state index is 1.01. The summed E-state index contributed by atoms with van der Waals surface area (Å²) in [4.78, 5) is 0. The van der Waals surface area contributed by atoms with Gasteiger partial charge in [0.2, 0.25) is 0 Å². The molecule has 1 heteroatoms. The van der Waals surface area contributed by atoms with Crippen LogP contribution in [0, 0.1) is 0 Å². The predicted molar refractivity (Wildman–Crippen MR) is 74.9 cm³/mol. The molecule has 0 unspecified atom stereocenters. The molecule has 0 rings (SSSR count). The smallest absolute Gasteiger partial charge is 0.0161 e. The summed E-state index contributed by atoms with van der Waals surface area (Å²) in [6, 6.07) is 0. The topological polar surface area (TPSA) is 12.0 Å². The maximum absolute atomic E-state index is 3.99. The summed E-state index contributed by atoms with van der Waals surface area (Å²) in [6.07, 6.45) is 12.3. The monoisotopic (exact) mass is 225 g/mol. The van der Waals surface area contributed by atoms with E-state index in [0.717, 1.165) is 19.5 Å². The van der Waals surface area contributed by atoms with Crippen molar-refractivity contribution in [3.63, 3.8) is 0 Å². The van der Waals surface area contributed by atoms with Gasteiger partial charge in [-0.15, -0.1) is 0 Å². The zero-order valence-corrected chi connectivity index (χ0v) is 11.5. The summed E-state index contributed by atoms with van der Waals surface area (Å²) >= 11 is 0. The maximum Gasteiger partial charge on any atom is 0.0161 e. The highest BCUT2D eigenvalue weighted by molar-refractivity contribution is 4.94. The number of rotatable bonds is 12. The van der Waals surface area contributed by atoms with Gasteiger partial charge in [-0.2, -0.15) is 0 Å². The van der Waals surface area contributed by atoms with Crippen LogP contribution < -0.4 is 5.32 Å². The average molecular weight is 225 g/mol. The van der Waals surface area contributed by atoms with Crippen LogP contribution in [0.4, 0.5) is 0 Å². The maximum atomic E-state index is 3.99. The molecule has 0 radical (unpaired) electrons. The number of hydrogen-bond acceptors (Lipinski definition) is 1. The van der Waals surface area contributed by atoms with Gasteiger partial charge in [0.25, 0.3) is 0 Å². The quantitative estimate of drug-likeness (QED) is 0.375. The Morgan fingerprint density at radius 2 is 1.44 bits per heavy atom. The fourth-order valence-electron chi connectivity index (χ4n) is 1.77. The van der Waals surface area contributed by atoms with Crippen molar-refractivity contribution in [1.29, 1.82) is 0 Å². The summed E-state index contributed by atoms with van der Waals surface area (Å²) in [7, 11) is 0. The SMILES string of the molecule is C=C(CC)CNCCCCCCCCCC. The van der Waals surface area contributed by atoms with E-state index in [4.69, 9.17) is 0 Å². The number of unbranched alkanes of at least 4 members (excludes halogenated alkanes) is 7. The molecule has 0 aliphatic rings. The molecule has 0 fully saturated rings. The third-order valence-electron chi connectivity index (χ3n) is 3.08. The normalized spacial score (nSPS) is 10.6. The lowest BCUT2D eigenvalue weighted by molar-refractivity contribution is 0.561. The minimum Gasteiger partial charge on any atom is -0.313 e. The molecule has 0 heterocycles. The van der Waals surface area contributed by atoms with Crippen molar-refractivity contribution >= 4 is 0 Å². The Kier molecular flexibility index (Phi) is 12.5. The van der Waals surface area contributed by atoms with Crippen molar-refractivity contribution in [1.82, 2.24) is 5.32 Å². The molecule has 0 spiro atoms. The third kappa shape index (κ3) is 11.8. The van der Waals surface area contributed by atoms with Gasteiger partial charge in [0.05, 0.1) is 0 Å². The third-order valence-corrected chi connectivity index (χ3v) is 3.08. The Morgan fingerprint density at radius 1 is 0.875 bits per heavy atom. The van der Waals surface area contributed by atoms with Crippen molar-refractivity contribution < 1.29 is 0 Å². The standard InChI is InChI=1S/C15H31N/c1-4-6-7-8-9-10-11-12-13-16-14-15(3)5-2/h16H,3-14H2,1-2H3. The number of hydrogen-bond donors (Lipinski definition) is 1. The molecule has 0 aromatic rings. The van der Waals surface area contributed by atoms with Crippen LogP contribution in [0.5, 0.6) is 0 Å². The van der Waals surface area contributed by atoms with Gasteiger partial charge in [-0.3, -0.25) is 0 Å². The van der Waals surface area contributed by atoms with Crippen molar-refractivity contribution in [3.8, 4) is 0 Å². The van der Waals surface area contributed by atoms with Crippen molar-refractivity contribution in [2.45, 2.75) is 71.6 Å². The molecule has 1 N–H and O–H groups in total. The van der Waals surface area contributed by atoms with Gasteiger partial charge < -0.3 is 5.32 Å². The van der Waals surface area contributed by atoms with E-state index in [-0.39, 0.29) is 0 Å². The summed E-state index contributed by atoms with van der Waals surface area (Å²) in [6.45, 7) is 10.6. The van der Waals surface area contributed by atoms with E-state index in [1.807, 2.05) is 0 Å². The Hall–Kier alpha value is -0.300. The highest BCUT2D eigenvalue weighted by Gasteiger charge is 1.92. The van der Waals surface area contributed by atoms with Crippen LogP contribution >= 0.6 is 0 Å². The molecule has 0 amide bonds. The largest absolute Gasteiger partial charge is 0.313 e. The lowest BCUT2D eigenvalue weighted by atomic mass is 10.1. The zero-order chi connectivity index (χ0) is 12.1. The van der Waals surface area contributed by atoms with Crippen LogP contribution in [-0.4, -0.2) is 13.1 Å². The van der Waals surface area contributed by atoms with Crippen molar-refractivity contribution in [2.24, 2.45) is 0 Å². The molecule has 0 aromatic carbocycles. The molecule has 0 bridgehead atoms. The number of nitrogens with one attached hydrogen (secondary N) is 1. The second-order valence-corrected chi connectivity index (χ2v) is 4.76. The lowest BCUT2D eigenvalue weighted by Crippen LogP contribution is -2.17. The molecule has 96 valence electrons. The highest BCUT2D eigenvalue weighted by Crippen LogP contribution is 2.07. The van der Waals surface area contributed by atoms with Crippen LogP contribution in [-0.2, 0) is 0 Å². The van der Waals surface area contributed by atoms with E-state index in [1.165, 1.54) is 56.9 Å². The first-order valence-electron chi connectivity index (χ1n) is 7.18. The Morgan fingerprint density at radius 3 is 2.00 bits per heavy atom. The molecular weight excluding hydrogens is 194 g/mol. The molecule has 0 aliphatic heterocycles. The van der Waals surface area contributed by atoms with E-state index >= 15 is 0 Å². The van der Waals surface area contributed by atoms with Crippen LogP contribution in [0.2, 0.25) is 0 Å². The second-order valence-electron chi connectivity index (χ2n) is 4.76.